The van der Waals surface area contributed by atoms with Crippen LogP contribution in [0, 0.1) is 6.92 Å². The highest BCUT2D eigenvalue weighted by atomic mass is 16.4. The molecule has 88 valence electrons. The molecule has 17 heavy (non-hydrogen) atoms. The minimum Gasteiger partial charge on any atom is -0.481 e. The average Bonchev–Trinajstić information content (AvgIpc) is 2.27. The van der Waals surface area contributed by atoms with E-state index in [0.717, 1.165) is 22.2 Å². The molecule has 0 spiro atoms. The van der Waals surface area contributed by atoms with Crippen LogP contribution < -0.4 is 0 Å². The van der Waals surface area contributed by atoms with Crippen molar-refractivity contribution in [1.29, 1.82) is 0 Å². The summed E-state index contributed by atoms with van der Waals surface area (Å²) in [6.07, 6.45) is 0.158. The van der Waals surface area contributed by atoms with Crippen LogP contribution in [0.4, 0.5) is 0 Å². The van der Waals surface area contributed by atoms with Crippen molar-refractivity contribution in [2.24, 2.45) is 0 Å². The number of aryl methyl sites for hydroxylation is 1. The first-order valence-corrected chi connectivity index (χ1v) is 5.65. The van der Waals surface area contributed by atoms with Crippen molar-refractivity contribution < 1.29 is 9.90 Å². The van der Waals surface area contributed by atoms with E-state index < -0.39 is 5.97 Å². The molecule has 0 fully saturated rings. The zero-order valence-electron chi connectivity index (χ0n) is 9.97. The molecule has 1 aromatic carbocycles. The molecule has 1 N–H and O–H groups in total. The first-order chi connectivity index (χ1) is 8.06. The SMILES string of the molecule is Cc1ccc2cc(C(C)CC(=O)O)ccc2n1. The summed E-state index contributed by atoms with van der Waals surface area (Å²) in [5, 5.41) is 9.84. The lowest BCUT2D eigenvalue weighted by molar-refractivity contribution is -0.137. The largest absolute Gasteiger partial charge is 0.481 e. The second-order valence-electron chi connectivity index (χ2n) is 4.40. The van der Waals surface area contributed by atoms with Gasteiger partial charge in [-0.15, -0.1) is 0 Å². The molecule has 1 heterocycles. The molecule has 1 atom stereocenters. The van der Waals surface area contributed by atoms with Crippen LogP contribution in [-0.2, 0) is 4.79 Å². The van der Waals surface area contributed by atoms with Crippen molar-refractivity contribution in [1.82, 2.24) is 4.98 Å². The number of pyridine rings is 1. The zero-order valence-corrected chi connectivity index (χ0v) is 9.97. The van der Waals surface area contributed by atoms with E-state index in [-0.39, 0.29) is 12.3 Å². The van der Waals surface area contributed by atoms with Crippen molar-refractivity contribution in [3.05, 3.63) is 41.6 Å². The van der Waals surface area contributed by atoms with E-state index in [1.807, 2.05) is 44.2 Å². The highest BCUT2D eigenvalue weighted by Gasteiger charge is 2.10. The Kier molecular flexibility index (Phi) is 3.09. The second-order valence-corrected chi connectivity index (χ2v) is 4.40. The fourth-order valence-corrected chi connectivity index (χ4v) is 1.93. The van der Waals surface area contributed by atoms with Crippen LogP contribution in [0.1, 0.15) is 30.5 Å². The standard InChI is InChI=1S/C14H15NO2/c1-9(7-14(16)17)11-5-6-13-12(8-11)4-3-10(2)15-13/h3-6,8-9H,7H2,1-2H3,(H,16,17). The molecule has 0 radical (unpaired) electrons. The van der Waals surface area contributed by atoms with Gasteiger partial charge in [0, 0.05) is 11.1 Å². The number of carboxylic acid groups (broad SMARTS) is 1. The van der Waals surface area contributed by atoms with Crippen LogP contribution in [-0.4, -0.2) is 16.1 Å². The van der Waals surface area contributed by atoms with Gasteiger partial charge < -0.3 is 5.11 Å². The van der Waals surface area contributed by atoms with E-state index >= 15 is 0 Å². The Morgan fingerprint density at radius 2 is 2.12 bits per heavy atom. The maximum absolute atomic E-state index is 10.7. The molecule has 0 saturated carbocycles. The third-order valence-corrected chi connectivity index (χ3v) is 2.90. The van der Waals surface area contributed by atoms with Gasteiger partial charge in [0.25, 0.3) is 0 Å². The Morgan fingerprint density at radius 3 is 2.82 bits per heavy atom. The van der Waals surface area contributed by atoms with Crippen molar-refractivity contribution in [3.63, 3.8) is 0 Å². The molecular weight excluding hydrogens is 214 g/mol. The first-order valence-electron chi connectivity index (χ1n) is 5.65. The lowest BCUT2D eigenvalue weighted by Gasteiger charge is -2.10. The Labute approximate surface area is 100 Å². The van der Waals surface area contributed by atoms with E-state index in [4.69, 9.17) is 5.11 Å². The number of benzene rings is 1. The van der Waals surface area contributed by atoms with Crippen LogP contribution in [0.3, 0.4) is 0 Å². The summed E-state index contributed by atoms with van der Waals surface area (Å²) in [5.41, 5.74) is 2.99. The number of carbonyl (C=O) groups is 1. The van der Waals surface area contributed by atoms with E-state index in [1.54, 1.807) is 0 Å². The normalized spacial score (nSPS) is 12.6. The summed E-state index contributed by atoms with van der Waals surface area (Å²) in [5.74, 6) is -0.738. The summed E-state index contributed by atoms with van der Waals surface area (Å²) in [6, 6.07) is 9.93. The Balaban J connectivity index is 2.37. The number of nitrogens with zero attached hydrogens (tertiary/aromatic N) is 1. The fraction of sp³-hybridized carbons (Fsp3) is 0.286. The van der Waals surface area contributed by atoms with Crippen molar-refractivity contribution in [2.75, 3.05) is 0 Å². The minimum absolute atomic E-state index is 0.0261. The van der Waals surface area contributed by atoms with E-state index in [2.05, 4.69) is 4.98 Å². The van der Waals surface area contributed by atoms with Gasteiger partial charge >= 0.3 is 5.97 Å². The molecule has 0 saturated heterocycles. The molecule has 0 aliphatic carbocycles. The predicted octanol–water partition coefficient (Wildman–Crippen LogP) is 3.12. The fourth-order valence-electron chi connectivity index (χ4n) is 1.93. The summed E-state index contributed by atoms with van der Waals surface area (Å²) >= 11 is 0. The quantitative estimate of drug-likeness (QED) is 0.879. The summed E-state index contributed by atoms with van der Waals surface area (Å²) < 4.78 is 0. The van der Waals surface area contributed by atoms with Gasteiger partial charge in [-0.2, -0.15) is 0 Å². The van der Waals surface area contributed by atoms with Crippen molar-refractivity contribution in [2.45, 2.75) is 26.2 Å². The number of carboxylic acids is 1. The van der Waals surface area contributed by atoms with Crippen LogP contribution in [0.2, 0.25) is 0 Å². The van der Waals surface area contributed by atoms with Gasteiger partial charge in [-0.25, -0.2) is 0 Å². The molecule has 0 amide bonds. The predicted molar refractivity (Wildman–Crippen MR) is 67.1 cm³/mol. The number of rotatable bonds is 3. The summed E-state index contributed by atoms with van der Waals surface area (Å²) in [6.45, 7) is 3.89. The van der Waals surface area contributed by atoms with Crippen molar-refractivity contribution in [3.8, 4) is 0 Å². The Morgan fingerprint density at radius 1 is 1.35 bits per heavy atom. The van der Waals surface area contributed by atoms with E-state index in [0.29, 0.717) is 0 Å². The van der Waals surface area contributed by atoms with Crippen LogP contribution in [0.25, 0.3) is 10.9 Å². The highest BCUT2D eigenvalue weighted by Crippen LogP contribution is 2.23. The molecule has 0 aliphatic rings. The molecule has 3 nitrogen and oxygen atoms in total. The third-order valence-electron chi connectivity index (χ3n) is 2.90. The lowest BCUT2D eigenvalue weighted by atomic mass is 9.96. The minimum atomic E-state index is -0.764. The third kappa shape index (κ3) is 2.61. The molecule has 1 aromatic heterocycles. The lowest BCUT2D eigenvalue weighted by Crippen LogP contribution is -2.02. The van der Waals surface area contributed by atoms with Gasteiger partial charge in [-0.05, 0) is 36.6 Å². The molecule has 0 bridgehead atoms. The van der Waals surface area contributed by atoms with Gasteiger partial charge in [-0.1, -0.05) is 19.1 Å². The highest BCUT2D eigenvalue weighted by molar-refractivity contribution is 5.79. The first kappa shape index (κ1) is 11.6. The maximum atomic E-state index is 10.7. The van der Waals surface area contributed by atoms with E-state index in [1.165, 1.54) is 0 Å². The molecular formula is C14H15NO2. The second kappa shape index (κ2) is 4.53. The van der Waals surface area contributed by atoms with Crippen LogP contribution >= 0.6 is 0 Å². The average molecular weight is 229 g/mol. The van der Waals surface area contributed by atoms with Gasteiger partial charge in [0.1, 0.15) is 0 Å². The zero-order chi connectivity index (χ0) is 12.4. The molecule has 0 aliphatic heterocycles. The maximum Gasteiger partial charge on any atom is 0.303 e. The summed E-state index contributed by atoms with van der Waals surface area (Å²) in [7, 11) is 0. The van der Waals surface area contributed by atoms with Gasteiger partial charge in [0.2, 0.25) is 0 Å². The Hall–Kier alpha value is -1.90. The van der Waals surface area contributed by atoms with Gasteiger partial charge in [0.15, 0.2) is 0 Å². The number of hydrogen-bond acceptors (Lipinski definition) is 2. The number of fused-ring (bicyclic) bond motifs is 1. The van der Waals surface area contributed by atoms with Crippen LogP contribution in [0.15, 0.2) is 30.3 Å². The molecule has 2 aromatic rings. The van der Waals surface area contributed by atoms with Crippen LogP contribution in [0.5, 0.6) is 0 Å². The Bertz CT molecular complexity index is 563. The molecule has 1 unspecified atom stereocenters. The number of aromatic nitrogens is 1. The van der Waals surface area contributed by atoms with Crippen molar-refractivity contribution >= 4 is 16.9 Å². The topological polar surface area (TPSA) is 50.2 Å². The van der Waals surface area contributed by atoms with E-state index in [9.17, 15) is 4.79 Å². The van der Waals surface area contributed by atoms with Gasteiger partial charge in [-0.3, -0.25) is 9.78 Å². The molecule has 2 rings (SSSR count). The monoisotopic (exact) mass is 229 g/mol. The summed E-state index contributed by atoms with van der Waals surface area (Å²) in [4.78, 5) is 15.1. The van der Waals surface area contributed by atoms with Gasteiger partial charge in [0.05, 0.1) is 11.9 Å². The number of hydrogen-bond donors (Lipinski definition) is 1. The smallest absolute Gasteiger partial charge is 0.303 e. The molecule has 3 heteroatoms. The number of aliphatic carboxylic acids is 1.